The predicted molar refractivity (Wildman–Crippen MR) is 46.6 cm³/mol. The highest BCUT2D eigenvalue weighted by Gasteiger charge is 1.94. The first-order valence-electron chi connectivity index (χ1n) is 3.98. The smallest absolute Gasteiger partial charge is 0.146 e. The van der Waals surface area contributed by atoms with Gasteiger partial charge in [0.1, 0.15) is 5.82 Å². The van der Waals surface area contributed by atoms with Gasteiger partial charge in [-0.3, -0.25) is 0 Å². The van der Waals surface area contributed by atoms with E-state index >= 15 is 0 Å². The van der Waals surface area contributed by atoms with Gasteiger partial charge in [0.05, 0.1) is 12.3 Å². The van der Waals surface area contributed by atoms with Crippen LogP contribution in [0.25, 0.3) is 0 Å². The number of hydrogen-bond donors (Lipinski definition) is 1. The van der Waals surface area contributed by atoms with Crippen LogP contribution in [0.4, 0.5) is 5.82 Å². The molecule has 0 unspecified atom stereocenters. The molecule has 0 radical (unpaired) electrons. The molecule has 0 aliphatic rings. The molecule has 0 aromatic carbocycles. The van der Waals surface area contributed by atoms with Gasteiger partial charge >= 0.3 is 0 Å². The molecule has 66 valence electrons. The van der Waals surface area contributed by atoms with Gasteiger partial charge in [-0.05, 0) is 19.1 Å². The van der Waals surface area contributed by atoms with E-state index in [0.29, 0.717) is 12.4 Å². The molecular weight excluding hydrogens is 154 g/mol. The summed E-state index contributed by atoms with van der Waals surface area (Å²) in [6.45, 7) is 3.39. The van der Waals surface area contributed by atoms with Gasteiger partial charge in [0, 0.05) is 13.0 Å². The molecule has 0 spiro atoms. The van der Waals surface area contributed by atoms with Crippen molar-refractivity contribution in [1.29, 1.82) is 0 Å². The quantitative estimate of drug-likeness (QED) is 0.668. The average Bonchev–Trinajstić information content (AvgIpc) is 2.09. The fourth-order valence-corrected chi connectivity index (χ4v) is 0.825. The van der Waals surface area contributed by atoms with Crippen LogP contribution in [0.5, 0.6) is 0 Å². The zero-order chi connectivity index (χ0) is 8.81. The predicted octanol–water partition coefficient (Wildman–Crippen LogP) is 0.638. The molecule has 12 heavy (non-hydrogen) atoms. The Kier molecular flexibility index (Phi) is 3.47. The van der Waals surface area contributed by atoms with E-state index in [0.717, 1.165) is 18.7 Å². The molecule has 0 saturated carbocycles. The molecule has 0 bridgehead atoms. The normalized spacial score (nSPS) is 10.1. The second-order valence-electron chi connectivity index (χ2n) is 2.40. The molecule has 0 atom stereocenters. The summed E-state index contributed by atoms with van der Waals surface area (Å²) < 4.78 is 5.17. The maximum absolute atomic E-state index is 5.38. The monoisotopic (exact) mass is 167 g/mol. The van der Waals surface area contributed by atoms with Crippen LogP contribution in [0.15, 0.2) is 12.1 Å². The van der Waals surface area contributed by atoms with E-state index in [-0.39, 0.29) is 0 Å². The Morgan fingerprint density at radius 2 is 2.25 bits per heavy atom. The molecular formula is C8H13N3O. The molecule has 0 aliphatic carbocycles. The van der Waals surface area contributed by atoms with Crippen LogP contribution in [0.1, 0.15) is 12.6 Å². The van der Waals surface area contributed by atoms with Crippen LogP contribution in [-0.4, -0.2) is 23.4 Å². The molecule has 0 fully saturated rings. The highest BCUT2D eigenvalue weighted by molar-refractivity contribution is 5.25. The molecule has 2 N–H and O–H groups in total. The lowest BCUT2D eigenvalue weighted by molar-refractivity contribution is 0.150. The van der Waals surface area contributed by atoms with Crippen molar-refractivity contribution in [3.8, 4) is 0 Å². The van der Waals surface area contributed by atoms with Crippen molar-refractivity contribution in [3.63, 3.8) is 0 Å². The molecule has 4 heteroatoms. The number of hydrogen-bond acceptors (Lipinski definition) is 4. The van der Waals surface area contributed by atoms with E-state index in [2.05, 4.69) is 10.2 Å². The van der Waals surface area contributed by atoms with Crippen molar-refractivity contribution >= 4 is 5.82 Å². The second kappa shape index (κ2) is 4.66. The van der Waals surface area contributed by atoms with Gasteiger partial charge < -0.3 is 10.5 Å². The highest BCUT2D eigenvalue weighted by Crippen LogP contribution is 1.97. The Labute approximate surface area is 71.8 Å². The minimum absolute atomic E-state index is 0.454. The Morgan fingerprint density at radius 1 is 1.42 bits per heavy atom. The van der Waals surface area contributed by atoms with E-state index in [1.165, 1.54) is 0 Å². The van der Waals surface area contributed by atoms with Gasteiger partial charge in [0.25, 0.3) is 0 Å². The van der Waals surface area contributed by atoms with Gasteiger partial charge in [-0.1, -0.05) is 0 Å². The van der Waals surface area contributed by atoms with E-state index in [1.807, 2.05) is 13.0 Å². The zero-order valence-corrected chi connectivity index (χ0v) is 7.16. The summed E-state index contributed by atoms with van der Waals surface area (Å²) in [6, 6.07) is 3.61. The summed E-state index contributed by atoms with van der Waals surface area (Å²) in [5.74, 6) is 0.454. The second-order valence-corrected chi connectivity index (χ2v) is 2.40. The van der Waals surface area contributed by atoms with E-state index in [9.17, 15) is 0 Å². The molecule has 0 saturated heterocycles. The van der Waals surface area contributed by atoms with Crippen LogP contribution < -0.4 is 5.73 Å². The van der Waals surface area contributed by atoms with Gasteiger partial charge in [0.2, 0.25) is 0 Å². The van der Waals surface area contributed by atoms with Crippen LogP contribution in [-0.2, 0) is 11.2 Å². The van der Waals surface area contributed by atoms with Crippen LogP contribution in [0.2, 0.25) is 0 Å². The lowest BCUT2D eigenvalue weighted by Gasteiger charge is -1.99. The highest BCUT2D eigenvalue weighted by atomic mass is 16.5. The van der Waals surface area contributed by atoms with Crippen molar-refractivity contribution in [2.24, 2.45) is 0 Å². The number of anilines is 1. The SMILES string of the molecule is CCOCCc1ccc(N)nn1. The molecule has 0 aliphatic heterocycles. The van der Waals surface area contributed by atoms with Crippen molar-refractivity contribution in [1.82, 2.24) is 10.2 Å². The first kappa shape index (κ1) is 8.93. The summed E-state index contributed by atoms with van der Waals surface area (Å²) in [4.78, 5) is 0. The summed E-state index contributed by atoms with van der Waals surface area (Å²) >= 11 is 0. The molecule has 0 amide bonds. The minimum Gasteiger partial charge on any atom is -0.382 e. The van der Waals surface area contributed by atoms with Crippen molar-refractivity contribution < 1.29 is 4.74 Å². The van der Waals surface area contributed by atoms with Crippen LogP contribution >= 0.6 is 0 Å². The van der Waals surface area contributed by atoms with Crippen LogP contribution in [0, 0.1) is 0 Å². The Morgan fingerprint density at radius 3 is 2.83 bits per heavy atom. The van der Waals surface area contributed by atoms with Gasteiger partial charge in [-0.25, -0.2) is 0 Å². The Balaban J connectivity index is 2.37. The third-order valence-electron chi connectivity index (χ3n) is 1.45. The van der Waals surface area contributed by atoms with E-state index in [1.54, 1.807) is 6.07 Å². The number of nitrogens with two attached hydrogens (primary N) is 1. The van der Waals surface area contributed by atoms with Crippen molar-refractivity contribution in [3.05, 3.63) is 17.8 Å². The Hall–Kier alpha value is -1.16. The fourth-order valence-electron chi connectivity index (χ4n) is 0.825. The first-order valence-corrected chi connectivity index (χ1v) is 3.98. The maximum Gasteiger partial charge on any atom is 0.146 e. The maximum atomic E-state index is 5.38. The summed E-state index contributed by atoms with van der Waals surface area (Å²) in [5.41, 5.74) is 6.29. The molecule has 1 heterocycles. The number of ether oxygens (including phenoxy) is 1. The van der Waals surface area contributed by atoms with Crippen LogP contribution in [0.3, 0.4) is 0 Å². The van der Waals surface area contributed by atoms with Gasteiger partial charge in [0.15, 0.2) is 0 Å². The average molecular weight is 167 g/mol. The topological polar surface area (TPSA) is 61.0 Å². The summed E-state index contributed by atoms with van der Waals surface area (Å²) in [7, 11) is 0. The molecule has 1 aromatic rings. The standard InChI is InChI=1S/C8H13N3O/c1-2-12-6-5-7-3-4-8(9)11-10-7/h3-4H,2,5-6H2,1H3,(H2,9,11). The largest absolute Gasteiger partial charge is 0.382 e. The first-order chi connectivity index (χ1) is 5.83. The molecule has 1 rings (SSSR count). The Bertz CT molecular complexity index is 222. The number of rotatable bonds is 4. The number of aromatic nitrogens is 2. The third kappa shape index (κ3) is 2.84. The number of nitrogen functional groups attached to an aromatic ring is 1. The van der Waals surface area contributed by atoms with Gasteiger partial charge in [-0.2, -0.15) is 5.10 Å². The van der Waals surface area contributed by atoms with E-state index < -0.39 is 0 Å². The fraction of sp³-hybridized carbons (Fsp3) is 0.500. The summed E-state index contributed by atoms with van der Waals surface area (Å²) in [5, 5.41) is 7.63. The molecule has 1 aromatic heterocycles. The lowest BCUT2D eigenvalue weighted by Crippen LogP contribution is -2.02. The summed E-state index contributed by atoms with van der Waals surface area (Å²) in [6.07, 6.45) is 0.793. The van der Waals surface area contributed by atoms with Gasteiger partial charge in [-0.15, -0.1) is 5.10 Å². The van der Waals surface area contributed by atoms with E-state index in [4.69, 9.17) is 10.5 Å². The lowest BCUT2D eigenvalue weighted by atomic mass is 10.3. The van der Waals surface area contributed by atoms with Crippen molar-refractivity contribution in [2.75, 3.05) is 18.9 Å². The number of nitrogens with zero attached hydrogens (tertiary/aromatic N) is 2. The third-order valence-corrected chi connectivity index (χ3v) is 1.45. The minimum atomic E-state index is 0.454. The zero-order valence-electron chi connectivity index (χ0n) is 7.16. The van der Waals surface area contributed by atoms with Crippen molar-refractivity contribution in [2.45, 2.75) is 13.3 Å². The molecule has 4 nitrogen and oxygen atoms in total.